The number of hydrogen-bond acceptors (Lipinski definition) is 5. The minimum Gasteiger partial charge on any atom is -0.376 e. The zero-order valence-corrected chi connectivity index (χ0v) is 13.7. The van der Waals surface area contributed by atoms with Crippen molar-refractivity contribution in [2.45, 2.75) is 51.2 Å². The summed E-state index contributed by atoms with van der Waals surface area (Å²) >= 11 is 0. The van der Waals surface area contributed by atoms with Crippen LogP contribution in [0.2, 0.25) is 0 Å². The highest BCUT2D eigenvalue weighted by molar-refractivity contribution is 6.62. The molecule has 19 heavy (non-hydrogen) atoms. The molecule has 0 radical (unpaired) electrons. The van der Waals surface area contributed by atoms with Gasteiger partial charge < -0.3 is 24.3 Å². The Morgan fingerprint density at radius 2 is 1.74 bits per heavy atom. The molecule has 0 aliphatic heterocycles. The van der Waals surface area contributed by atoms with E-state index in [1.807, 2.05) is 6.92 Å². The summed E-state index contributed by atoms with van der Waals surface area (Å²) in [5.74, 6) is -0.177. The van der Waals surface area contributed by atoms with Crippen molar-refractivity contribution < 1.29 is 18.1 Å². The number of carbonyl (C=O) groups excluding carboxylic acids is 1. The maximum atomic E-state index is 12.0. The van der Waals surface area contributed by atoms with E-state index in [0.717, 1.165) is 12.8 Å². The number of rotatable bonds is 10. The van der Waals surface area contributed by atoms with Gasteiger partial charge in [-0.3, -0.25) is 4.79 Å². The minimum atomic E-state index is -2.87. The Morgan fingerprint density at radius 3 is 2.11 bits per heavy atom. The molecule has 0 bridgehead atoms. The molecule has 0 aliphatic rings. The zero-order valence-electron chi connectivity index (χ0n) is 12.7. The second-order valence-electron chi connectivity index (χ2n) is 4.43. The average Bonchev–Trinajstić information content (AvgIpc) is 2.45. The van der Waals surface area contributed by atoms with E-state index in [0.29, 0.717) is 12.8 Å². The molecule has 2 unspecified atom stereocenters. The Labute approximate surface area is 117 Å². The molecule has 3 N–H and O–H groups in total. The number of amides is 1. The number of nitrogens with one attached hydrogen (secondary N) is 1. The maximum Gasteiger partial charge on any atom is 0.523 e. The van der Waals surface area contributed by atoms with Crippen LogP contribution in [-0.2, 0) is 18.1 Å². The second-order valence-corrected chi connectivity index (χ2v) is 7.56. The van der Waals surface area contributed by atoms with Crippen molar-refractivity contribution in [2.24, 2.45) is 5.73 Å². The van der Waals surface area contributed by atoms with Gasteiger partial charge in [-0.1, -0.05) is 26.7 Å². The van der Waals surface area contributed by atoms with E-state index in [1.54, 1.807) is 0 Å². The van der Waals surface area contributed by atoms with Gasteiger partial charge in [0.05, 0.1) is 11.7 Å². The third-order valence-electron chi connectivity index (χ3n) is 3.21. The van der Waals surface area contributed by atoms with Gasteiger partial charge in [0.2, 0.25) is 5.91 Å². The van der Waals surface area contributed by atoms with Crippen molar-refractivity contribution >= 4 is 14.7 Å². The Morgan fingerprint density at radius 1 is 1.21 bits per heavy atom. The molecule has 1 amide bonds. The van der Waals surface area contributed by atoms with Gasteiger partial charge in [-0.15, -0.1) is 0 Å². The van der Waals surface area contributed by atoms with E-state index in [-0.39, 0.29) is 11.6 Å². The van der Waals surface area contributed by atoms with Gasteiger partial charge in [-0.25, -0.2) is 0 Å². The maximum absolute atomic E-state index is 12.0. The van der Waals surface area contributed by atoms with Crippen LogP contribution in [0, 0.1) is 0 Å². The highest BCUT2D eigenvalue weighted by Crippen LogP contribution is 2.15. The fourth-order valence-electron chi connectivity index (χ4n) is 1.95. The molecule has 0 saturated carbocycles. The van der Waals surface area contributed by atoms with Gasteiger partial charge in [0.1, 0.15) is 0 Å². The molecular formula is C12H28N2O4Si. The van der Waals surface area contributed by atoms with Crippen molar-refractivity contribution in [2.75, 3.05) is 21.3 Å². The lowest BCUT2D eigenvalue weighted by atomic mass is 10.1. The normalized spacial score (nSPS) is 15.1. The third-order valence-corrected chi connectivity index (χ3v) is 6.32. The summed E-state index contributed by atoms with van der Waals surface area (Å²) in [6.45, 7) is 4.01. The molecule has 0 rings (SSSR count). The van der Waals surface area contributed by atoms with E-state index in [9.17, 15) is 4.79 Å². The molecule has 0 heterocycles. The molecular weight excluding hydrogens is 264 g/mol. The minimum absolute atomic E-state index is 0.177. The topological polar surface area (TPSA) is 82.8 Å². The monoisotopic (exact) mass is 292 g/mol. The standard InChI is InChI=1S/C12H28N2O4Si/c1-6-8-9-10(13)12(15)14-11(7-2)19(16-3,17-4)18-5/h10-11H,6-9,13H2,1-5H3,(H,14,15). The summed E-state index contributed by atoms with van der Waals surface area (Å²) in [7, 11) is 1.72. The van der Waals surface area contributed by atoms with Gasteiger partial charge in [0.15, 0.2) is 0 Å². The second kappa shape index (κ2) is 9.43. The van der Waals surface area contributed by atoms with E-state index < -0.39 is 14.8 Å². The number of unbranched alkanes of at least 4 members (excludes halogenated alkanes) is 1. The fourth-order valence-corrected chi connectivity index (χ4v) is 4.12. The lowest BCUT2D eigenvalue weighted by Crippen LogP contribution is -2.62. The van der Waals surface area contributed by atoms with E-state index in [4.69, 9.17) is 19.0 Å². The Bertz CT molecular complexity index is 254. The zero-order chi connectivity index (χ0) is 14.9. The number of nitrogens with two attached hydrogens (primary N) is 1. The van der Waals surface area contributed by atoms with Crippen LogP contribution >= 0.6 is 0 Å². The molecule has 0 aromatic carbocycles. The van der Waals surface area contributed by atoms with Crippen molar-refractivity contribution in [3.63, 3.8) is 0 Å². The van der Waals surface area contributed by atoms with Crippen LogP contribution in [0.15, 0.2) is 0 Å². The molecule has 0 fully saturated rings. The molecule has 0 aromatic heterocycles. The van der Waals surface area contributed by atoms with Gasteiger partial charge in [0.25, 0.3) is 0 Å². The largest absolute Gasteiger partial charge is 0.523 e. The highest BCUT2D eigenvalue weighted by Gasteiger charge is 2.47. The fraction of sp³-hybridized carbons (Fsp3) is 0.917. The van der Waals surface area contributed by atoms with Crippen LogP contribution in [0.1, 0.15) is 39.5 Å². The summed E-state index contributed by atoms with van der Waals surface area (Å²) in [5.41, 5.74) is 5.57. The van der Waals surface area contributed by atoms with Crippen LogP contribution in [0.3, 0.4) is 0 Å². The first-order chi connectivity index (χ1) is 9.01. The first-order valence-electron chi connectivity index (χ1n) is 6.72. The van der Waals surface area contributed by atoms with Crippen LogP contribution in [0.25, 0.3) is 0 Å². The predicted octanol–water partition coefficient (Wildman–Crippen LogP) is 0.816. The van der Waals surface area contributed by atoms with Gasteiger partial charge in [0, 0.05) is 21.3 Å². The summed E-state index contributed by atoms with van der Waals surface area (Å²) in [5, 5.41) is 2.89. The van der Waals surface area contributed by atoms with E-state index in [1.165, 1.54) is 21.3 Å². The van der Waals surface area contributed by atoms with Crippen LogP contribution in [0.4, 0.5) is 0 Å². The van der Waals surface area contributed by atoms with Crippen molar-refractivity contribution in [1.82, 2.24) is 5.32 Å². The van der Waals surface area contributed by atoms with E-state index >= 15 is 0 Å². The van der Waals surface area contributed by atoms with Crippen molar-refractivity contribution in [3.8, 4) is 0 Å². The molecule has 0 spiro atoms. The quantitative estimate of drug-likeness (QED) is 0.582. The molecule has 0 aliphatic carbocycles. The van der Waals surface area contributed by atoms with Crippen molar-refractivity contribution in [3.05, 3.63) is 0 Å². The average molecular weight is 292 g/mol. The van der Waals surface area contributed by atoms with Gasteiger partial charge in [-0.05, 0) is 12.8 Å². The Kier molecular flexibility index (Phi) is 9.20. The molecule has 6 nitrogen and oxygen atoms in total. The van der Waals surface area contributed by atoms with Crippen LogP contribution < -0.4 is 11.1 Å². The van der Waals surface area contributed by atoms with Crippen LogP contribution in [-0.4, -0.2) is 47.7 Å². The first-order valence-corrected chi connectivity index (χ1v) is 8.52. The number of carbonyl (C=O) groups is 1. The first kappa shape index (κ1) is 18.5. The Balaban J connectivity index is 4.66. The summed E-state index contributed by atoms with van der Waals surface area (Å²) in [6, 6.07) is -0.494. The molecule has 2 atom stereocenters. The molecule has 0 aromatic rings. The molecule has 114 valence electrons. The highest BCUT2D eigenvalue weighted by atomic mass is 28.4. The van der Waals surface area contributed by atoms with Gasteiger partial charge >= 0.3 is 8.80 Å². The SMILES string of the molecule is CCCCC(N)C(=O)NC(CC)[Si](OC)(OC)OC. The summed E-state index contributed by atoms with van der Waals surface area (Å²) in [6.07, 6.45) is 3.30. The number of hydrogen-bond donors (Lipinski definition) is 2. The smallest absolute Gasteiger partial charge is 0.376 e. The lowest BCUT2D eigenvalue weighted by molar-refractivity contribution is -0.123. The Hall–Kier alpha value is -0.473. The van der Waals surface area contributed by atoms with Gasteiger partial charge in [-0.2, -0.15) is 0 Å². The van der Waals surface area contributed by atoms with Crippen molar-refractivity contribution in [1.29, 1.82) is 0 Å². The molecule has 0 saturated heterocycles. The van der Waals surface area contributed by atoms with E-state index in [2.05, 4.69) is 12.2 Å². The molecule has 7 heteroatoms. The summed E-state index contributed by atoms with van der Waals surface area (Å²) in [4.78, 5) is 12.0. The summed E-state index contributed by atoms with van der Waals surface area (Å²) < 4.78 is 16.2. The van der Waals surface area contributed by atoms with Crippen LogP contribution in [0.5, 0.6) is 0 Å². The predicted molar refractivity (Wildman–Crippen MR) is 76.5 cm³/mol. The lowest BCUT2D eigenvalue weighted by Gasteiger charge is -2.32. The third kappa shape index (κ3) is 5.19.